The maximum Gasteiger partial charge on any atom is 0.231 e. The number of thioether (sulfide) groups is 1. The zero-order valence-corrected chi connectivity index (χ0v) is 19.1. The van der Waals surface area contributed by atoms with Crippen LogP contribution in [0.1, 0.15) is 27.0 Å². The molecule has 0 spiro atoms. The van der Waals surface area contributed by atoms with Gasteiger partial charge in [0.25, 0.3) is 0 Å². The summed E-state index contributed by atoms with van der Waals surface area (Å²) in [5.41, 5.74) is 2.84. The van der Waals surface area contributed by atoms with Gasteiger partial charge in [0.15, 0.2) is 5.16 Å². The number of carbonyl (C=O) groups is 1. The number of carbonyl (C=O) groups excluding carboxylic acids is 1. The summed E-state index contributed by atoms with van der Waals surface area (Å²) in [6.07, 6.45) is 1.07. The summed E-state index contributed by atoms with van der Waals surface area (Å²) >= 11 is 4.85. The van der Waals surface area contributed by atoms with Gasteiger partial charge in [-0.05, 0) is 30.0 Å². The maximum atomic E-state index is 12.3. The highest BCUT2D eigenvalue weighted by Crippen LogP contribution is 2.24. The van der Waals surface area contributed by atoms with Gasteiger partial charge in [0, 0.05) is 35.2 Å². The molecule has 0 aliphatic heterocycles. The number of thiazole rings is 1. The topological polar surface area (TPSA) is 72.7 Å². The highest BCUT2D eigenvalue weighted by molar-refractivity contribution is 7.98. The smallest absolute Gasteiger partial charge is 0.231 e. The molecule has 9 heteroatoms. The van der Waals surface area contributed by atoms with Crippen LogP contribution < -0.4 is 5.32 Å². The van der Waals surface area contributed by atoms with Gasteiger partial charge in [-0.25, -0.2) is 4.98 Å². The number of nitrogens with zero attached hydrogens (tertiary/aromatic N) is 4. The molecule has 0 saturated carbocycles. The van der Waals surface area contributed by atoms with Crippen LogP contribution in [-0.4, -0.2) is 25.7 Å². The number of hydrogen-bond acceptors (Lipinski definition) is 7. The molecule has 1 N–H and O–H groups in total. The highest BCUT2D eigenvalue weighted by Gasteiger charge is 2.13. The average molecular weight is 456 g/mol. The lowest BCUT2D eigenvalue weighted by atomic mass is 10.2. The molecule has 4 rings (SSSR count). The normalized spacial score (nSPS) is 11.0. The number of thiophene rings is 1. The fourth-order valence-electron chi connectivity index (χ4n) is 2.87. The van der Waals surface area contributed by atoms with Crippen LogP contribution in [0.5, 0.6) is 0 Å². The molecule has 0 fully saturated rings. The predicted molar refractivity (Wildman–Crippen MR) is 123 cm³/mol. The number of anilines is 1. The summed E-state index contributed by atoms with van der Waals surface area (Å²) in [4.78, 5) is 18.2. The molecule has 30 heavy (non-hydrogen) atoms. The number of amides is 1. The Hall–Kier alpha value is -2.49. The third-order valence-electron chi connectivity index (χ3n) is 4.52. The van der Waals surface area contributed by atoms with Crippen LogP contribution in [0, 0.1) is 6.92 Å². The fourth-order valence-corrected chi connectivity index (χ4v) is 5.30. The molecule has 154 valence electrons. The van der Waals surface area contributed by atoms with Crippen molar-refractivity contribution in [3.05, 3.63) is 74.1 Å². The number of benzene rings is 1. The SMILES string of the molecule is Cc1ccccc1NC(=O)Cc1nc(CSc2nnc(Cc3cccs3)n2C)cs1. The third-order valence-corrected chi connectivity index (χ3v) is 7.34. The second kappa shape index (κ2) is 9.55. The van der Waals surface area contributed by atoms with E-state index in [9.17, 15) is 4.79 Å². The third kappa shape index (κ3) is 5.16. The van der Waals surface area contributed by atoms with Crippen molar-refractivity contribution in [3.63, 3.8) is 0 Å². The Bertz CT molecular complexity index is 1130. The summed E-state index contributed by atoms with van der Waals surface area (Å²) < 4.78 is 2.04. The zero-order chi connectivity index (χ0) is 20.9. The Labute approximate surface area is 187 Å². The largest absolute Gasteiger partial charge is 0.325 e. The number of aryl methyl sites for hydroxylation is 1. The van der Waals surface area contributed by atoms with Crippen molar-refractivity contribution < 1.29 is 4.79 Å². The van der Waals surface area contributed by atoms with Crippen molar-refractivity contribution in [1.82, 2.24) is 19.7 Å². The molecule has 0 atom stereocenters. The van der Waals surface area contributed by atoms with Crippen LogP contribution in [0.15, 0.2) is 52.3 Å². The van der Waals surface area contributed by atoms with E-state index in [-0.39, 0.29) is 12.3 Å². The van der Waals surface area contributed by atoms with Gasteiger partial charge in [-0.1, -0.05) is 36.0 Å². The van der Waals surface area contributed by atoms with Gasteiger partial charge in [-0.3, -0.25) is 4.79 Å². The second-order valence-electron chi connectivity index (χ2n) is 6.78. The first kappa shape index (κ1) is 20.8. The molecule has 0 saturated heterocycles. The van der Waals surface area contributed by atoms with Crippen molar-refractivity contribution in [2.45, 2.75) is 30.7 Å². The number of para-hydroxylation sites is 1. The van der Waals surface area contributed by atoms with Gasteiger partial charge in [0.2, 0.25) is 5.91 Å². The molecule has 0 radical (unpaired) electrons. The second-order valence-corrected chi connectivity index (χ2v) is 9.69. The van der Waals surface area contributed by atoms with Gasteiger partial charge in [0.1, 0.15) is 10.8 Å². The standard InChI is InChI=1S/C21H21N5OS3/c1-14-6-3-4-8-17(14)23-19(27)11-20-22-15(12-29-20)13-30-21-25-24-18(26(21)2)10-16-7-5-9-28-16/h3-9,12H,10-11,13H2,1-2H3,(H,23,27). The monoisotopic (exact) mass is 455 g/mol. The first-order chi connectivity index (χ1) is 14.6. The number of nitrogens with one attached hydrogen (secondary N) is 1. The fraction of sp³-hybridized carbons (Fsp3) is 0.238. The summed E-state index contributed by atoms with van der Waals surface area (Å²) in [6.45, 7) is 1.98. The van der Waals surface area contributed by atoms with Gasteiger partial charge < -0.3 is 9.88 Å². The van der Waals surface area contributed by atoms with Crippen molar-refractivity contribution in [2.24, 2.45) is 7.05 Å². The van der Waals surface area contributed by atoms with Crippen molar-refractivity contribution in [1.29, 1.82) is 0 Å². The first-order valence-electron chi connectivity index (χ1n) is 9.40. The minimum Gasteiger partial charge on any atom is -0.325 e. The number of rotatable bonds is 8. The Morgan fingerprint density at radius 2 is 2.03 bits per heavy atom. The van der Waals surface area contributed by atoms with Crippen molar-refractivity contribution >= 4 is 46.0 Å². The lowest BCUT2D eigenvalue weighted by Crippen LogP contribution is -2.15. The highest BCUT2D eigenvalue weighted by atomic mass is 32.2. The molecule has 0 aliphatic carbocycles. The lowest BCUT2D eigenvalue weighted by molar-refractivity contribution is -0.115. The van der Waals surface area contributed by atoms with E-state index >= 15 is 0 Å². The quantitative estimate of drug-likeness (QED) is 0.390. The van der Waals surface area contributed by atoms with Gasteiger partial charge in [-0.15, -0.1) is 32.9 Å². The molecule has 0 aliphatic rings. The lowest BCUT2D eigenvalue weighted by Gasteiger charge is -2.06. The summed E-state index contributed by atoms with van der Waals surface area (Å²) in [7, 11) is 1.99. The molecule has 4 aromatic rings. The molecule has 0 unspecified atom stereocenters. The first-order valence-corrected chi connectivity index (χ1v) is 12.1. The maximum absolute atomic E-state index is 12.3. The summed E-state index contributed by atoms with van der Waals surface area (Å²) in [5, 5.41) is 17.4. The van der Waals surface area contributed by atoms with Crippen molar-refractivity contribution in [3.8, 4) is 0 Å². The molecule has 3 aromatic heterocycles. The van der Waals surface area contributed by atoms with Gasteiger partial charge >= 0.3 is 0 Å². The minimum absolute atomic E-state index is 0.0515. The van der Waals surface area contributed by atoms with Gasteiger partial charge in [0.05, 0.1) is 12.1 Å². The minimum atomic E-state index is -0.0515. The Morgan fingerprint density at radius 3 is 2.83 bits per heavy atom. The summed E-state index contributed by atoms with van der Waals surface area (Å²) in [5.74, 6) is 1.59. The zero-order valence-electron chi connectivity index (χ0n) is 16.7. The van der Waals surface area contributed by atoms with E-state index in [1.54, 1.807) is 23.1 Å². The van der Waals surface area contributed by atoms with E-state index in [2.05, 4.69) is 31.9 Å². The Morgan fingerprint density at radius 1 is 1.17 bits per heavy atom. The van der Waals surface area contributed by atoms with E-state index in [4.69, 9.17) is 0 Å². The van der Waals surface area contributed by atoms with E-state index in [0.717, 1.165) is 39.4 Å². The number of hydrogen-bond donors (Lipinski definition) is 1. The van der Waals surface area contributed by atoms with Crippen LogP contribution in [0.4, 0.5) is 5.69 Å². The van der Waals surface area contributed by atoms with Crippen LogP contribution in [0.2, 0.25) is 0 Å². The van der Waals surface area contributed by atoms with Gasteiger partial charge in [-0.2, -0.15) is 0 Å². The Balaban J connectivity index is 1.31. The summed E-state index contributed by atoms with van der Waals surface area (Å²) in [6, 6.07) is 11.9. The predicted octanol–water partition coefficient (Wildman–Crippen LogP) is 4.71. The molecular formula is C21H21N5OS3. The van der Waals surface area contributed by atoms with E-state index in [0.29, 0.717) is 5.75 Å². The molecule has 0 bridgehead atoms. The van der Waals surface area contributed by atoms with Crippen LogP contribution >= 0.6 is 34.4 Å². The molecule has 1 amide bonds. The van der Waals surface area contributed by atoms with E-state index < -0.39 is 0 Å². The van der Waals surface area contributed by atoms with Crippen LogP contribution in [0.25, 0.3) is 0 Å². The molecular weight excluding hydrogens is 434 g/mol. The van der Waals surface area contributed by atoms with Crippen LogP contribution in [-0.2, 0) is 30.4 Å². The molecule has 1 aromatic carbocycles. The average Bonchev–Trinajstić information content (AvgIpc) is 3.46. The van der Waals surface area contributed by atoms with Crippen molar-refractivity contribution in [2.75, 3.05) is 5.32 Å². The van der Waals surface area contributed by atoms with E-state index in [1.165, 1.54) is 16.2 Å². The van der Waals surface area contributed by atoms with Crippen LogP contribution in [0.3, 0.4) is 0 Å². The number of aromatic nitrogens is 4. The Kier molecular flexibility index (Phi) is 6.61. The molecule has 6 nitrogen and oxygen atoms in total. The van der Waals surface area contributed by atoms with E-state index in [1.807, 2.05) is 54.3 Å². The molecule has 3 heterocycles.